The highest BCUT2D eigenvalue weighted by Gasteiger charge is 2.48. The van der Waals surface area contributed by atoms with Crippen LogP contribution in [-0.4, -0.2) is 18.0 Å². The molecular formula is C84H56B2N6S. The summed E-state index contributed by atoms with van der Waals surface area (Å²) in [6.07, 6.45) is 0. The number of fused-ring (bicyclic) bond motifs is 11. The van der Waals surface area contributed by atoms with Crippen LogP contribution in [0, 0.1) is 0 Å². The molecule has 434 valence electrons. The molecule has 0 amide bonds. The third kappa shape index (κ3) is 8.33. The first-order valence-corrected chi connectivity index (χ1v) is 32.8. The minimum Gasteiger partial charge on any atom is -0.311 e. The molecule has 4 aliphatic heterocycles. The van der Waals surface area contributed by atoms with Gasteiger partial charge in [0.25, 0.3) is 6.71 Å². The summed E-state index contributed by atoms with van der Waals surface area (Å²) in [6, 6.07) is 126. The van der Waals surface area contributed by atoms with Crippen LogP contribution in [-0.2, 0) is 0 Å². The normalized spacial score (nSPS) is 13.0. The van der Waals surface area contributed by atoms with Gasteiger partial charge in [0.1, 0.15) is 0 Å². The number of rotatable bonds is 10. The predicted octanol–water partition coefficient (Wildman–Crippen LogP) is 18.6. The standard InChI is InChI=1S/C84H56B2N6S/c1-7-29-57(30-8-1)87(58-31-9-2-10-32-58)63-51-78-83-79(52-63)92(75-49-27-26-48-74(75)91-71-45-23-19-41-65(71)66-42-20-24-46-72(66)91)77-56-76-69(55-70(77)85(83)67-43-21-25-47-73(67)89(78)61-37-15-5-16-38-61)86-68-44-22-28-50-81(68)93-82-54-64(53-80(84(82)86)90(76)62-39-17-6-18-40-62)88(59-33-11-3-12-34-59)60-35-13-4-14-36-60/h1-56H. The van der Waals surface area contributed by atoms with E-state index in [1.165, 1.54) is 53.3 Å². The number of anilines is 15. The quantitative estimate of drug-likeness (QED) is 0.126. The minimum absolute atomic E-state index is 0.102. The van der Waals surface area contributed by atoms with Crippen molar-refractivity contribution in [3.8, 4) is 5.69 Å². The Hall–Kier alpha value is -11.6. The first kappa shape index (κ1) is 53.2. The fraction of sp³-hybridized carbons (Fsp3) is 0. The lowest BCUT2D eigenvalue weighted by molar-refractivity contribution is 1.15. The molecule has 93 heavy (non-hydrogen) atoms. The summed E-state index contributed by atoms with van der Waals surface area (Å²) in [7, 11) is 0. The Balaban J connectivity index is 0.958. The summed E-state index contributed by atoms with van der Waals surface area (Å²) < 4.78 is 2.50. The SMILES string of the molecule is c1ccc(N(c2ccccc2)c2cc3c4c(c2)N(c2ccccc2)c2cc5c(cc2B4c2ccccc2S3)B2c3ccccc3N(c3ccccc3)c3cc(N(c4ccccc4)c4ccccc4)cc(c32)N5c2ccccc2-n2c3ccccc3c3ccccc32)cc1. The second kappa shape index (κ2) is 21.5. The van der Waals surface area contributed by atoms with Crippen LogP contribution < -0.4 is 57.3 Å². The van der Waals surface area contributed by atoms with Crippen molar-refractivity contribution < 1.29 is 0 Å². The Bertz CT molecular complexity index is 5290. The van der Waals surface area contributed by atoms with Gasteiger partial charge in [0.15, 0.2) is 0 Å². The van der Waals surface area contributed by atoms with Crippen LogP contribution >= 0.6 is 11.8 Å². The topological polar surface area (TPSA) is 21.1 Å². The van der Waals surface area contributed by atoms with Gasteiger partial charge >= 0.3 is 0 Å². The Morgan fingerprint density at radius 1 is 0.237 bits per heavy atom. The first-order valence-electron chi connectivity index (χ1n) is 32.0. The number of para-hydroxylation sites is 11. The highest BCUT2D eigenvalue weighted by atomic mass is 32.2. The van der Waals surface area contributed by atoms with E-state index in [2.05, 4.69) is 369 Å². The summed E-state index contributed by atoms with van der Waals surface area (Å²) in [5.41, 5.74) is 27.5. The summed E-state index contributed by atoms with van der Waals surface area (Å²) in [5.74, 6) is 0. The van der Waals surface area contributed by atoms with Crippen LogP contribution in [0.5, 0.6) is 0 Å². The fourth-order valence-corrected chi connectivity index (χ4v) is 16.8. The molecule has 0 aliphatic carbocycles. The van der Waals surface area contributed by atoms with E-state index in [1.807, 2.05) is 11.8 Å². The lowest BCUT2D eigenvalue weighted by Crippen LogP contribution is -2.64. The molecule has 0 atom stereocenters. The molecule has 0 fully saturated rings. The van der Waals surface area contributed by atoms with Gasteiger partial charge in [-0.15, -0.1) is 0 Å². The van der Waals surface area contributed by atoms with Crippen molar-refractivity contribution in [2.24, 2.45) is 0 Å². The minimum atomic E-state index is -0.189. The molecule has 0 N–H and O–H groups in total. The smallest absolute Gasteiger partial charge is 0.252 e. The molecule has 14 aromatic carbocycles. The average molecular weight is 1200 g/mol. The molecule has 0 unspecified atom stereocenters. The van der Waals surface area contributed by atoms with Gasteiger partial charge in [-0.1, -0.05) is 217 Å². The number of benzene rings is 14. The van der Waals surface area contributed by atoms with Gasteiger partial charge in [0.2, 0.25) is 6.71 Å². The van der Waals surface area contributed by atoms with Gasteiger partial charge in [-0.2, -0.15) is 0 Å². The van der Waals surface area contributed by atoms with E-state index in [1.54, 1.807) is 0 Å². The van der Waals surface area contributed by atoms with E-state index in [0.717, 1.165) is 102 Å². The van der Waals surface area contributed by atoms with Crippen molar-refractivity contribution in [1.29, 1.82) is 0 Å². The van der Waals surface area contributed by atoms with E-state index in [9.17, 15) is 0 Å². The molecule has 4 aliphatic rings. The van der Waals surface area contributed by atoms with Crippen LogP contribution in [0.1, 0.15) is 0 Å². The maximum absolute atomic E-state index is 2.65. The zero-order valence-corrected chi connectivity index (χ0v) is 51.4. The number of nitrogens with zero attached hydrogens (tertiary/aromatic N) is 6. The van der Waals surface area contributed by atoms with Gasteiger partial charge in [0.05, 0.1) is 28.1 Å². The molecule has 1 aromatic heterocycles. The molecule has 0 bridgehead atoms. The number of aromatic nitrogens is 1. The maximum atomic E-state index is 2.65. The van der Waals surface area contributed by atoms with Crippen molar-refractivity contribution in [1.82, 2.24) is 4.57 Å². The van der Waals surface area contributed by atoms with Gasteiger partial charge in [0, 0.05) is 94.5 Å². The van der Waals surface area contributed by atoms with Crippen molar-refractivity contribution in [2.75, 3.05) is 24.5 Å². The van der Waals surface area contributed by atoms with E-state index in [-0.39, 0.29) is 13.4 Å². The van der Waals surface area contributed by atoms with E-state index in [4.69, 9.17) is 0 Å². The largest absolute Gasteiger partial charge is 0.311 e. The zero-order valence-electron chi connectivity index (χ0n) is 50.6. The molecule has 15 aromatic rings. The van der Waals surface area contributed by atoms with Crippen LogP contribution in [0.3, 0.4) is 0 Å². The van der Waals surface area contributed by atoms with E-state index >= 15 is 0 Å². The summed E-state index contributed by atoms with van der Waals surface area (Å²) in [5, 5.41) is 2.43. The van der Waals surface area contributed by atoms with Crippen LogP contribution in [0.15, 0.2) is 350 Å². The Morgan fingerprint density at radius 2 is 0.624 bits per heavy atom. The Kier molecular flexibility index (Phi) is 12.3. The second-order valence-electron chi connectivity index (χ2n) is 24.4. The maximum Gasteiger partial charge on any atom is 0.252 e. The predicted molar refractivity (Wildman–Crippen MR) is 394 cm³/mol. The Morgan fingerprint density at radius 3 is 1.17 bits per heavy atom. The molecule has 0 spiro atoms. The molecular weight excluding hydrogens is 1150 g/mol. The van der Waals surface area contributed by atoms with Crippen LogP contribution in [0.2, 0.25) is 0 Å². The van der Waals surface area contributed by atoms with Crippen LogP contribution in [0.4, 0.5) is 85.3 Å². The van der Waals surface area contributed by atoms with E-state index < -0.39 is 0 Å². The third-order valence-corrected chi connectivity index (χ3v) is 20.4. The molecule has 0 saturated carbocycles. The molecule has 0 radical (unpaired) electrons. The summed E-state index contributed by atoms with van der Waals surface area (Å²) in [6.45, 7) is -0.291. The van der Waals surface area contributed by atoms with E-state index in [0.29, 0.717) is 0 Å². The highest BCUT2D eigenvalue weighted by molar-refractivity contribution is 8.00. The monoisotopic (exact) mass is 1200 g/mol. The molecule has 9 heteroatoms. The van der Waals surface area contributed by atoms with Crippen molar-refractivity contribution >= 4 is 165 Å². The zero-order chi connectivity index (χ0) is 61.1. The number of hydrogen-bond donors (Lipinski definition) is 0. The fourth-order valence-electron chi connectivity index (χ4n) is 15.6. The van der Waals surface area contributed by atoms with Gasteiger partial charge in [-0.3, -0.25) is 0 Å². The molecule has 0 saturated heterocycles. The average Bonchev–Trinajstić information content (AvgIpc) is 1.32. The van der Waals surface area contributed by atoms with Gasteiger partial charge in [-0.05, 0) is 167 Å². The van der Waals surface area contributed by atoms with Gasteiger partial charge < -0.3 is 29.1 Å². The second-order valence-corrected chi connectivity index (χ2v) is 25.4. The van der Waals surface area contributed by atoms with Crippen molar-refractivity contribution in [2.45, 2.75) is 9.79 Å². The third-order valence-electron chi connectivity index (χ3n) is 19.3. The van der Waals surface area contributed by atoms with Crippen molar-refractivity contribution in [3.63, 3.8) is 0 Å². The first-order chi connectivity index (χ1) is 46.2. The lowest BCUT2D eigenvalue weighted by Gasteiger charge is -2.47. The van der Waals surface area contributed by atoms with Crippen LogP contribution in [0.25, 0.3) is 27.5 Å². The molecule has 19 rings (SSSR count). The number of hydrogen-bond acceptors (Lipinski definition) is 6. The summed E-state index contributed by atoms with van der Waals surface area (Å²) >= 11 is 1.89. The van der Waals surface area contributed by atoms with Crippen molar-refractivity contribution in [3.05, 3.63) is 340 Å². The molecule has 6 nitrogen and oxygen atoms in total. The molecule has 5 heterocycles. The lowest BCUT2D eigenvalue weighted by atomic mass is 9.30. The highest BCUT2D eigenvalue weighted by Crippen LogP contribution is 2.53. The summed E-state index contributed by atoms with van der Waals surface area (Å²) in [4.78, 5) is 15.1. The Labute approximate surface area is 545 Å². The van der Waals surface area contributed by atoms with Gasteiger partial charge in [-0.25, -0.2) is 0 Å².